The summed E-state index contributed by atoms with van der Waals surface area (Å²) in [4.78, 5) is 27.5. The Hall–Kier alpha value is -2.03. The fourth-order valence-electron chi connectivity index (χ4n) is 0.979. The Morgan fingerprint density at radius 1 is 1.53 bits per heavy atom. The largest absolute Gasteiger partial charge is 0.477 e. The van der Waals surface area contributed by atoms with E-state index in [1.165, 1.54) is 0 Å². The van der Waals surface area contributed by atoms with Crippen molar-refractivity contribution >= 4 is 11.9 Å². The standard InChI is InChI=1S/C8H9F2N3O4/c9-8(10,2-14)1-11-6(15)4-5(7(16)17)13-3-12-4/h3,14H,1-2H2,(H,11,15)(H,12,13)(H,16,17). The van der Waals surface area contributed by atoms with Crippen LogP contribution in [0, 0.1) is 0 Å². The fraction of sp³-hybridized carbons (Fsp3) is 0.375. The first-order valence-corrected chi connectivity index (χ1v) is 4.41. The summed E-state index contributed by atoms with van der Waals surface area (Å²) in [5, 5.41) is 18.7. The highest BCUT2D eigenvalue weighted by Crippen LogP contribution is 2.10. The number of carboxylic acids is 1. The first-order valence-electron chi connectivity index (χ1n) is 4.41. The average molecular weight is 249 g/mol. The number of aliphatic hydroxyl groups excluding tert-OH is 1. The molecular formula is C8H9F2N3O4. The highest BCUT2D eigenvalue weighted by Gasteiger charge is 2.29. The van der Waals surface area contributed by atoms with Gasteiger partial charge in [-0.15, -0.1) is 0 Å². The van der Waals surface area contributed by atoms with Crippen molar-refractivity contribution in [1.29, 1.82) is 0 Å². The third kappa shape index (κ3) is 3.21. The normalized spacial score (nSPS) is 11.2. The lowest BCUT2D eigenvalue weighted by Crippen LogP contribution is -2.39. The number of nitrogens with zero attached hydrogens (tertiary/aromatic N) is 1. The van der Waals surface area contributed by atoms with Crippen molar-refractivity contribution in [1.82, 2.24) is 15.3 Å². The quantitative estimate of drug-likeness (QED) is 0.559. The second kappa shape index (κ2) is 4.87. The third-order valence-corrected chi connectivity index (χ3v) is 1.81. The van der Waals surface area contributed by atoms with Gasteiger partial charge in [-0.05, 0) is 0 Å². The minimum atomic E-state index is -3.46. The zero-order valence-corrected chi connectivity index (χ0v) is 8.41. The second-order valence-corrected chi connectivity index (χ2v) is 3.13. The van der Waals surface area contributed by atoms with Crippen molar-refractivity contribution in [3.05, 3.63) is 17.7 Å². The average Bonchev–Trinajstić information content (AvgIpc) is 2.75. The summed E-state index contributed by atoms with van der Waals surface area (Å²) in [7, 11) is 0. The molecule has 1 amide bonds. The number of nitrogens with one attached hydrogen (secondary N) is 2. The molecule has 94 valence electrons. The summed E-state index contributed by atoms with van der Waals surface area (Å²) < 4.78 is 25.2. The van der Waals surface area contributed by atoms with E-state index in [1.54, 1.807) is 5.32 Å². The minimum absolute atomic E-state index is 0.491. The predicted molar refractivity (Wildman–Crippen MR) is 49.9 cm³/mol. The molecule has 0 saturated carbocycles. The number of aromatic amines is 1. The third-order valence-electron chi connectivity index (χ3n) is 1.81. The second-order valence-electron chi connectivity index (χ2n) is 3.13. The van der Waals surface area contributed by atoms with Crippen molar-refractivity contribution in [3.63, 3.8) is 0 Å². The molecule has 9 heteroatoms. The van der Waals surface area contributed by atoms with Gasteiger partial charge in [0.15, 0.2) is 11.4 Å². The van der Waals surface area contributed by atoms with E-state index in [0.717, 1.165) is 6.33 Å². The number of aliphatic hydroxyl groups is 1. The molecule has 0 fully saturated rings. The highest BCUT2D eigenvalue weighted by atomic mass is 19.3. The number of amides is 1. The summed E-state index contributed by atoms with van der Waals surface area (Å²) in [6.07, 6.45) is 0.961. The molecule has 0 aromatic carbocycles. The van der Waals surface area contributed by atoms with E-state index in [2.05, 4.69) is 9.97 Å². The van der Waals surface area contributed by atoms with Crippen LogP contribution in [0.25, 0.3) is 0 Å². The Morgan fingerprint density at radius 2 is 2.18 bits per heavy atom. The molecule has 17 heavy (non-hydrogen) atoms. The van der Waals surface area contributed by atoms with Crippen LogP contribution >= 0.6 is 0 Å². The van der Waals surface area contributed by atoms with Crippen molar-refractivity contribution in [3.8, 4) is 0 Å². The van der Waals surface area contributed by atoms with Gasteiger partial charge in [0.2, 0.25) is 0 Å². The zero-order chi connectivity index (χ0) is 13.1. The molecule has 0 aliphatic heterocycles. The molecule has 1 heterocycles. The van der Waals surface area contributed by atoms with Crippen LogP contribution in [0.5, 0.6) is 0 Å². The van der Waals surface area contributed by atoms with Gasteiger partial charge in [-0.1, -0.05) is 0 Å². The number of hydrogen-bond acceptors (Lipinski definition) is 4. The van der Waals surface area contributed by atoms with Crippen LogP contribution < -0.4 is 5.32 Å². The van der Waals surface area contributed by atoms with Crippen LogP contribution in [-0.2, 0) is 0 Å². The molecule has 4 N–H and O–H groups in total. The smallest absolute Gasteiger partial charge is 0.354 e. The zero-order valence-electron chi connectivity index (χ0n) is 8.41. The number of rotatable bonds is 5. The van der Waals surface area contributed by atoms with Gasteiger partial charge >= 0.3 is 5.97 Å². The van der Waals surface area contributed by atoms with Gasteiger partial charge < -0.3 is 20.5 Å². The number of imidazole rings is 1. The van der Waals surface area contributed by atoms with Gasteiger partial charge in [0, 0.05) is 0 Å². The van der Waals surface area contributed by atoms with Crippen LogP contribution in [0.15, 0.2) is 6.33 Å². The molecule has 1 aromatic heterocycles. The number of carboxylic acid groups (broad SMARTS) is 1. The Morgan fingerprint density at radius 3 is 2.71 bits per heavy atom. The molecule has 0 aliphatic carbocycles. The monoisotopic (exact) mass is 249 g/mol. The van der Waals surface area contributed by atoms with E-state index in [-0.39, 0.29) is 0 Å². The summed E-state index contributed by atoms with van der Waals surface area (Å²) in [6.45, 7) is -2.52. The molecule has 1 aromatic rings. The van der Waals surface area contributed by atoms with Crippen molar-refractivity contribution in [2.24, 2.45) is 0 Å². The van der Waals surface area contributed by atoms with Gasteiger partial charge in [0.05, 0.1) is 12.9 Å². The lowest BCUT2D eigenvalue weighted by Gasteiger charge is -2.13. The summed E-state index contributed by atoms with van der Waals surface area (Å²) in [6, 6.07) is 0. The maximum absolute atomic E-state index is 12.6. The van der Waals surface area contributed by atoms with Gasteiger partial charge in [-0.25, -0.2) is 18.6 Å². The summed E-state index contributed by atoms with van der Waals surface area (Å²) in [5.74, 6) is -5.95. The van der Waals surface area contributed by atoms with E-state index < -0.39 is 42.3 Å². The van der Waals surface area contributed by atoms with E-state index in [0.29, 0.717) is 0 Å². The number of hydrogen-bond donors (Lipinski definition) is 4. The topological polar surface area (TPSA) is 115 Å². The Bertz CT molecular complexity index is 432. The molecular weight excluding hydrogens is 240 g/mol. The Balaban J connectivity index is 2.71. The Kier molecular flexibility index (Phi) is 3.73. The molecule has 0 unspecified atom stereocenters. The van der Waals surface area contributed by atoms with Gasteiger partial charge in [-0.2, -0.15) is 0 Å². The number of H-pyrrole nitrogens is 1. The summed E-state index contributed by atoms with van der Waals surface area (Å²) in [5.41, 5.74) is -0.985. The minimum Gasteiger partial charge on any atom is -0.477 e. The lowest BCUT2D eigenvalue weighted by atomic mass is 10.3. The van der Waals surface area contributed by atoms with Crippen LogP contribution in [0.3, 0.4) is 0 Å². The van der Waals surface area contributed by atoms with E-state index in [4.69, 9.17) is 10.2 Å². The molecule has 0 bridgehead atoms. The predicted octanol–water partition coefficient (Wildman–Crippen LogP) is -0.535. The summed E-state index contributed by atoms with van der Waals surface area (Å²) >= 11 is 0. The first-order chi connectivity index (χ1) is 7.87. The molecule has 7 nitrogen and oxygen atoms in total. The first kappa shape index (κ1) is 13.0. The van der Waals surface area contributed by atoms with Gasteiger partial charge in [0.1, 0.15) is 6.61 Å². The van der Waals surface area contributed by atoms with Crippen molar-refractivity contribution < 1.29 is 28.6 Å². The molecule has 0 saturated heterocycles. The Labute approximate surface area is 93.5 Å². The molecule has 0 atom stereocenters. The fourth-order valence-corrected chi connectivity index (χ4v) is 0.979. The van der Waals surface area contributed by atoms with Crippen LogP contribution in [0.2, 0.25) is 0 Å². The number of aromatic carboxylic acids is 1. The number of halogens is 2. The van der Waals surface area contributed by atoms with Crippen molar-refractivity contribution in [2.75, 3.05) is 13.2 Å². The number of carbonyl (C=O) groups is 2. The molecule has 0 spiro atoms. The number of carbonyl (C=O) groups excluding carboxylic acids is 1. The molecule has 0 aliphatic rings. The molecule has 0 radical (unpaired) electrons. The van der Waals surface area contributed by atoms with E-state index in [1.807, 2.05) is 0 Å². The van der Waals surface area contributed by atoms with Gasteiger partial charge in [0.25, 0.3) is 11.8 Å². The highest BCUT2D eigenvalue weighted by molar-refractivity contribution is 6.02. The number of aromatic nitrogens is 2. The van der Waals surface area contributed by atoms with Crippen LogP contribution in [0.1, 0.15) is 21.0 Å². The molecule has 1 rings (SSSR count). The maximum atomic E-state index is 12.6. The van der Waals surface area contributed by atoms with E-state index >= 15 is 0 Å². The maximum Gasteiger partial charge on any atom is 0.354 e. The lowest BCUT2D eigenvalue weighted by molar-refractivity contribution is -0.0462. The van der Waals surface area contributed by atoms with Crippen LogP contribution in [0.4, 0.5) is 8.78 Å². The number of alkyl halides is 2. The van der Waals surface area contributed by atoms with E-state index in [9.17, 15) is 18.4 Å². The van der Waals surface area contributed by atoms with Crippen molar-refractivity contribution in [2.45, 2.75) is 5.92 Å². The SMILES string of the molecule is O=C(NCC(F)(F)CO)c1nc[nH]c1C(=O)O. The van der Waals surface area contributed by atoms with Gasteiger partial charge in [-0.3, -0.25) is 4.79 Å². The van der Waals surface area contributed by atoms with Crippen LogP contribution in [-0.4, -0.2) is 51.1 Å².